The molecule has 0 aromatic rings. The van der Waals surface area contributed by atoms with E-state index >= 15 is 0 Å². The summed E-state index contributed by atoms with van der Waals surface area (Å²) in [7, 11) is 3.63. The molecular weight excluding hydrogens is 182 g/mol. The molecule has 5 heteroatoms. The van der Waals surface area contributed by atoms with Gasteiger partial charge in [-0.05, 0) is 12.2 Å². The molecule has 1 N–H and O–H groups in total. The molecule has 1 rings (SSSR count). The second kappa shape index (κ2) is 3.89. The zero-order valence-electron chi connectivity index (χ0n) is 8.01. The molecule has 1 unspecified atom stereocenters. The molecule has 1 aliphatic carbocycles. The molecule has 0 aromatic carbocycles. The van der Waals surface area contributed by atoms with Crippen LogP contribution >= 0.6 is 0 Å². The fourth-order valence-electron chi connectivity index (χ4n) is 1.18. The van der Waals surface area contributed by atoms with Crippen LogP contribution in [0.5, 0.6) is 0 Å². The molecular formula is C9H11N3O2. The van der Waals surface area contributed by atoms with Crippen LogP contribution in [0.2, 0.25) is 0 Å². The number of hydrogen-bond acceptors (Lipinski definition) is 2. The van der Waals surface area contributed by atoms with Crippen LogP contribution in [0.1, 0.15) is 0 Å². The summed E-state index contributed by atoms with van der Waals surface area (Å²) >= 11 is 0. The second-order valence-electron chi connectivity index (χ2n) is 3.16. The lowest BCUT2D eigenvalue weighted by molar-refractivity contribution is -0.139. The van der Waals surface area contributed by atoms with Gasteiger partial charge in [-0.15, -0.1) is 0 Å². The standard InChI is InChI=1S/C9H11N3O2/c1-12(2)6-3-4-8(11-10)7(5-6)9(13)14/h3-5,7H,1-2H3,(H,13,14). The minimum absolute atomic E-state index is 0.142. The highest BCUT2D eigenvalue weighted by atomic mass is 16.4. The van der Waals surface area contributed by atoms with E-state index in [2.05, 4.69) is 4.79 Å². The first-order valence-electron chi connectivity index (χ1n) is 4.08. The zero-order chi connectivity index (χ0) is 10.7. The van der Waals surface area contributed by atoms with E-state index in [0.717, 1.165) is 5.70 Å². The summed E-state index contributed by atoms with van der Waals surface area (Å²) in [6.45, 7) is 0. The molecule has 0 spiro atoms. The van der Waals surface area contributed by atoms with Gasteiger partial charge in [0.15, 0.2) is 5.92 Å². The largest absolute Gasteiger partial charge is 0.480 e. The number of rotatable bonds is 2. The highest BCUT2D eigenvalue weighted by Gasteiger charge is 2.29. The first-order chi connectivity index (χ1) is 6.56. The van der Waals surface area contributed by atoms with Crippen molar-refractivity contribution in [3.63, 3.8) is 0 Å². The summed E-state index contributed by atoms with van der Waals surface area (Å²) in [5, 5.41) is 8.85. The number of hydrogen-bond donors (Lipinski definition) is 1. The summed E-state index contributed by atoms with van der Waals surface area (Å²) in [5.41, 5.74) is 9.49. The van der Waals surface area contributed by atoms with Crippen molar-refractivity contribution in [3.8, 4) is 0 Å². The van der Waals surface area contributed by atoms with Crippen LogP contribution in [-0.2, 0) is 4.79 Å². The Morgan fingerprint density at radius 3 is 2.64 bits per heavy atom. The van der Waals surface area contributed by atoms with Gasteiger partial charge >= 0.3 is 11.7 Å². The van der Waals surface area contributed by atoms with Gasteiger partial charge in [0.05, 0.1) is 0 Å². The Morgan fingerprint density at radius 2 is 2.21 bits per heavy atom. The first-order valence-corrected chi connectivity index (χ1v) is 4.08. The van der Waals surface area contributed by atoms with E-state index in [9.17, 15) is 4.79 Å². The number of likely N-dealkylation sites (N-methyl/N-ethyl adjacent to an activating group) is 1. The first kappa shape index (κ1) is 10.2. The van der Waals surface area contributed by atoms with Crippen LogP contribution in [0.25, 0.3) is 5.53 Å². The molecule has 1 atom stereocenters. The van der Waals surface area contributed by atoms with Crippen LogP contribution in [0.4, 0.5) is 0 Å². The van der Waals surface area contributed by atoms with E-state index in [0.29, 0.717) is 0 Å². The predicted octanol–water partition coefficient (Wildman–Crippen LogP) is 0.373. The second-order valence-corrected chi connectivity index (χ2v) is 3.16. The van der Waals surface area contributed by atoms with Crippen molar-refractivity contribution < 1.29 is 14.7 Å². The summed E-state index contributed by atoms with van der Waals surface area (Å²) in [5.74, 6) is -1.90. The van der Waals surface area contributed by atoms with Crippen LogP contribution in [-0.4, -0.2) is 40.6 Å². The number of carboxylic acids is 1. The topological polar surface area (TPSA) is 76.9 Å². The molecule has 0 saturated carbocycles. The third-order valence-electron chi connectivity index (χ3n) is 1.98. The van der Waals surface area contributed by atoms with Gasteiger partial charge in [0.25, 0.3) is 0 Å². The molecule has 0 heterocycles. The lowest BCUT2D eigenvalue weighted by Crippen LogP contribution is -2.26. The van der Waals surface area contributed by atoms with Crippen molar-refractivity contribution >= 4 is 11.7 Å². The Balaban J connectivity index is 3.06. The van der Waals surface area contributed by atoms with Crippen molar-refractivity contribution in [2.75, 3.05) is 14.1 Å². The molecule has 0 aromatic heterocycles. The van der Waals surface area contributed by atoms with Crippen molar-refractivity contribution in [1.29, 1.82) is 0 Å². The molecule has 0 fully saturated rings. The van der Waals surface area contributed by atoms with Crippen molar-refractivity contribution in [1.82, 2.24) is 4.90 Å². The van der Waals surface area contributed by atoms with E-state index in [-0.39, 0.29) is 5.71 Å². The fourth-order valence-corrected chi connectivity index (χ4v) is 1.18. The maximum atomic E-state index is 10.8. The van der Waals surface area contributed by atoms with Crippen molar-refractivity contribution in [3.05, 3.63) is 29.5 Å². The molecule has 5 nitrogen and oxygen atoms in total. The van der Waals surface area contributed by atoms with Crippen LogP contribution in [0, 0.1) is 5.92 Å². The van der Waals surface area contributed by atoms with Crippen LogP contribution in [0.15, 0.2) is 23.9 Å². The average Bonchev–Trinajstić information content (AvgIpc) is 2.16. The number of carboxylic acid groups (broad SMARTS) is 1. The fraction of sp³-hybridized carbons (Fsp3) is 0.333. The summed E-state index contributed by atoms with van der Waals surface area (Å²) in [6.07, 6.45) is 4.74. The summed E-state index contributed by atoms with van der Waals surface area (Å²) in [4.78, 5) is 15.5. The lowest BCUT2D eigenvalue weighted by atomic mass is 9.97. The summed E-state index contributed by atoms with van der Waals surface area (Å²) < 4.78 is 0. The number of carbonyl (C=O) groups is 1. The van der Waals surface area contributed by atoms with Gasteiger partial charge in [0, 0.05) is 25.9 Å². The minimum atomic E-state index is -1.03. The Labute approximate surface area is 81.6 Å². The zero-order valence-corrected chi connectivity index (χ0v) is 8.01. The van der Waals surface area contributed by atoms with Gasteiger partial charge in [-0.25, -0.2) is 0 Å². The highest BCUT2D eigenvalue weighted by Crippen LogP contribution is 2.15. The van der Waals surface area contributed by atoms with Crippen molar-refractivity contribution in [2.24, 2.45) is 5.92 Å². The molecule has 0 amide bonds. The maximum Gasteiger partial charge on any atom is 0.322 e. The molecule has 0 bridgehead atoms. The molecule has 0 aliphatic heterocycles. The SMILES string of the molecule is CN(C)C1=CC(C(=O)O)C(=[N+]=[N-])C=C1. The molecule has 74 valence electrons. The number of nitrogens with zero attached hydrogens (tertiary/aromatic N) is 3. The highest BCUT2D eigenvalue weighted by molar-refractivity contribution is 6.07. The quantitative estimate of drug-likeness (QED) is 0.508. The van der Waals surface area contributed by atoms with Gasteiger partial charge in [-0.3, -0.25) is 4.79 Å². The molecule has 14 heavy (non-hydrogen) atoms. The normalized spacial score (nSPS) is 20.0. The van der Waals surface area contributed by atoms with Crippen molar-refractivity contribution in [2.45, 2.75) is 0 Å². The van der Waals surface area contributed by atoms with E-state index in [4.69, 9.17) is 10.6 Å². The number of aliphatic carboxylic acids is 1. The average molecular weight is 193 g/mol. The van der Waals surface area contributed by atoms with Gasteiger partial charge in [0.1, 0.15) is 0 Å². The van der Waals surface area contributed by atoms with E-state index < -0.39 is 11.9 Å². The Bertz CT molecular complexity index is 362. The Kier molecular flexibility index (Phi) is 2.84. The lowest BCUT2D eigenvalue weighted by Gasteiger charge is -2.17. The van der Waals surface area contributed by atoms with Gasteiger partial charge in [0.2, 0.25) is 0 Å². The molecule has 0 radical (unpaired) electrons. The summed E-state index contributed by atoms with van der Waals surface area (Å²) in [6, 6.07) is 0. The Morgan fingerprint density at radius 1 is 1.57 bits per heavy atom. The monoisotopic (exact) mass is 193 g/mol. The van der Waals surface area contributed by atoms with E-state index in [1.54, 1.807) is 11.0 Å². The molecule has 0 saturated heterocycles. The molecule has 1 aliphatic rings. The third-order valence-corrected chi connectivity index (χ3v) is 1.98. The van der Waals surface area contributed by atoms with Gasteiger partial charge in [-0.1, -0.05) is 0 Å². The van der Waals surface area contributed by atoms with E-state index in [1.807, 2.05) is 14.1 Å². The smallest absolute Gasteiger partial charge is 0.322 e. The van der Waals surface area contributed by atoms with E-state index in [1.165, 1.54) is 12.2 Å². The van der Waals surface area contributed by atoms with Gasteiger partial charge in [-0.2, -0.15) is 4.79 Å². The minimum Gasteiger partial charge on any atom is -0.480 e. The van der Waals surface area contributed by atoms with Crippen LogP contribution < -0.4 is 0 Å². The Hall–Kier alpha value is -1.87. The van der Waals surface area contributed by atoms with Gasteiger partial charge < -0.3 is 15.5 Å². The van der Waals surface area contributed by atoms with Crippen LogP contribution in [0.3, 0.4) is 0 Å². The number of allylic oxidation sites excluding steroid dienone is 2. The third kappa shape index (κ3) is 1.89. The predicted molar refractivity (Wildman–Crippen MR) is 50.7 cm³/mol. The maximum absolute atomic E-state index is 10.8.